The van der Waals surface area contributed by atoms with E-state index < -0.39 is 0 Å². The molecule has 106 valence electrons. The van der Waals surface area contributed by atoms with Crippen LogP contribution < -0.4 is 14.8 Å². The van der Waals surface area contributed by atoms with Gasteiger partial charge in [0, 0.05) is 17.6 Å². The van der Waals surface area contributed by atoms with Crippen molar-refractivity contribution in [1.82, 2.24) is 5.32 Å². The molecule has 0 saturated heterocycles. The molecule has 0 radical (unpaired) electrons. The molecule has 1 rings (SSSR count). The van der Waals surface area contributed by atoms with E-state index in [0.29, 0.717) is 12.5 Å². The highest BCUT2D eigenvalue weighted by Gasteiger charge is 2.06. The first-order chi connectivity index (χ1) is 9.17. The molecule has 0 fully saturated rings. The number of hydrogen-bond acceptors (Lipinski definition) is 3. The molecule has 0 aliphatic heterocycles. The maximum Gasteiger partial charge on any atom is 0.124 e. The average molecular weight is 284 g/mol. The van der Waals surface area contributed by atoms with Crippen molar-refractivity contribution < 1.29 is 9.47 Å². The summed E-state index contributed by atoms with van der Waals surface area (Å²) in [6.45, 7) is 6.56. The number of hydrogen-bond donors (Lipinski definition) is 1. The number of benzene rings is 1. The predicted octanol–water partition coefficient (Wildman–Crippen LogP) is 3.57. The van der Waals surface area contributed by atoms with Crippen molar-refractivity contribution in [3.63, 3.8) is 0 Å². The zero-order valence-electron chi connectivity index (χ0n) is 11.8. The van der Waals surface area contributed by atoms with Crippen molar-refractivity contribution >= 4 is 11.6 Å². The SMILES string of the molecule is COc1ccc(OC/C=C/Cl)c(CNCC(C)C)c1. The van der Waals surface area contributed by atoms with Crippen LogP contribution >= 0.6 is 11.6 Å². The Labute approximate surface area is 120 Å². The molecule has 1 aromatic carbocycles. The highest BCUT2D eigenvalue weighted by atomic mass is 35.5. The van der Waals surface area contributed by atoms with E-state index in [1.54, 1.807) is 13.2 Å². The van der Waals surface area contributed by atoms with Gasteiger partial charge in [-0.05, 0) is 36.7 Å². The molecule has 1 aromatic rings. The van der Waals surface area contributed by atoms with Crippen LogP contribution in [-0.2, 0) is 6.54 Å². The van der Waals surface area contributed by atoms with E-state index in [1.807, 2.05) is 18.2 Å². The van der Waals surface area contributed by atoms with Crippen molar-refractivity contribution in [3.8, 4) is 11.5 Å². The minimum Gasteiger partial charge on any atom is -0.497 e. The van der Waals surface area contributed by atoms with E-state index in [0.717, 1.165) is 30.2 Å². The Kier molecular flexibility index (Phi) is 7.38. The quantitative estimate of drug-likeness (QED) is 0.791. The van der Waals surface area contributed by atoms with E-state index in [9.17, 15) is 0 Å². The first-order valence-electron chi connectivity index (χ1n) is 6.43. The Bertz CT molecular complexity index is 405. The molecule has 0 atom stereocenters. The van der Waals surface area contributed by atoms with Gasteiger partial charge in [-0.15, -0.1) is 0 Å². The summed E-state index contributed by atoms with van der Waals surface area (Å²) in [6.07, 6.45) is 1.76. The van der Waals surface area contributed by atoms with Crippen molar-refractivity contribution in [2.75, 3.05) is 20.3 Å². The van der Waals surface area contributed by atoms with E-state index >= 15 is 0 Å². The molecular formula is C15H22ClNO2. The van der Waals surface area contributed by atoms with E-state index in [1.165, 1.54) is 5.54 Å². The molecule has 0 aliphatic carbocycles. The summed E-state index contributed by atoms with van der Waals surface area (Å²) in [7, 11) is 1.66. The lowest BCUT2D eigenvalue weighted by molar-refractivity contribution is 0.355. The van der Waals surface area contributed by atoms with Crippen LogP contribution in [0.5, 0.6) is 11.5 Å². The van der Waals surface area contributed by atoms with Crippen molar-refractivity contribution in [2.45, 2.75) is 20.4 Å². The fraction of sp³-hybridized carbons (Fsp3) is 0.467. The molecule has 0 spiro atoms. The Hall–Kier alpha value is -1.19. The fourth-order valence-electron chi connectivity index (χ4n) is 1.63. The molecular weight excluding hydrogens is 262 g/mol. The summed E-state index contributed by atoms with van der Waals surface area (Å²) in [5.74, 6) is 2.31. The standard InChI is InChI=1S/C15H22ClNO2/c1-12(2)10-17-11-13-9-14(18-3)5-6-15(13)19-8-4-7-16/h4-7,9,12,17H,8,10-11H2,1-3H3/b7-4+. The number of ether oxygens (including phenoxy) is 2. The Balaban J connectivity index is 2.71. The maximum absolute atomic E-state index is 5.67. The minimum atomic E-state index is 0.465. The Morgan fingerprint density at radius 3 is 2.79 bits per heavy atom. The van der Waals surface area contributed by atoms with Crippen molar-refractivity contribution in [1.29, 1.82) is 0 Å². The van der Waals surface area contributed by atoms with Gasteiger partial charge in [-0.25, -0.2) is 0 Å². The lowest BCUT2D eigenvalue weighted by atomic mass is 10.1. The Morgan fingerprint density at radius 1 is 1.37 bits per heavy atom. The first kappa shape index (κ1) is 15.9. The molecule has 4 heteroatoms. The van der Waals surface area contributed by atoms with E-state index in [4.69, 9.17) is 21.1 Å². The molecule has 0 aromatic heterocycles. The topological polar surface area (TPSA) is 30.5 Å². The van der Waals surface area contributed by atoms with Crippen LogP contribution in [-0.4, -0.2) is 20.3 Å². The zero-order chi connectivity index (χ0) is 14.1. The second-order valence-corrected chi connectivity index (χ2v) is 4.92. The summed E-state index contributed by atoms with van der Waals surface area (Å²) >= 11 is 5.48. The van der Waals surface area contributed by atoms with Gasteiger partial charge in [0.1, 0.15) is 18.1 Å². The second kappa shape index (κ2) is 8.83. The number of methoxy groups -OCH3 is 1. The van der Waals surface area contributed by atoms with Crippen LogP contribution in [0.4, 0.5) is 0 Å². The summed E-state index contributed by atoms with van der Waals surface area (Å²) in [5.41, 5.74) is 2.54. The average Bonchev–Trinajstić information content (AvgIpc) is 2.40. The number of nitrogens with one attached hydrogen (secondary N) is 1. The maximum atomic E-state index is 5.67. The Morgan fingerprint density at radius 2 is 2.16 bits per heavy atom. The molecule has 0 bridgehead atoms. The number of rotatable bonds is 8. The normalized spacial score (nSPS) is 11.2. The van der Waals surface area contributed by atoms with Gasteiger partial charge in [0.05, 0.1) is 7.11 Å². The third-order valence-electron chi connectivity index (χ3n) is 2.56. The zero-order valence-corrected chi connectivity index (χ0v) is 12.5. The molecule has 3 nitrogen and oxygen atoms in total. The summed E-state index contributed by atoms with van der Waals surface area (Å²) in [6, 6.07) is 5.81. The molecule has 1 N–H and O–H groups in total. The third kappa shape index (κ3) is 5.99. The summed E-state index contributed by atoms with van der Waals surface area (Å²) < 4.78 is 10.9. The highest BCUT2D eigenvalue weighted by molar-refractivity contribution is 6.25. The van der Waals surface area contributed by atoms with Crippen LogP contribution in [0.1, 0.15) is 19.4 Å². The van der Waals surface area contributed by atoms with Crippen LogP contribution in [0, 0.1) is 5.92 Å². The molecule has 0 heterocycles. The van der Waals surface area contributed by atoms with Gasteiger partial charge in [0.15, 0.2) is 0 Å². The first-order valence-corrected chi connectivity index (χ1v) is 6.86. The lowest BCUT2D eigenvalue weighted by Crippen LogP contribution is -2.19. The smallest absolute Gasteiger partial charge is 0.124 e. The van der Waals surface area contributed by atoms with Gasteiger partial charge in [-0.3, -0.25) is 0 Å². The van der Waals surface area contributed by atoms with Crippen LogP contribution in [0.25, 0.3) is 0 Å². The number of halogens is 1. The van der Waals surface area contributed by atoms with Crippen LogP contribution in [0.15, 0.2) is 29.8 Å². The van der Waals surface area contributed by atoms with Gasteiger partial charge in [-0.2, -0.15) is 0 Å². The molecule has 0 unspecified atom stereocenters. The van der Waals surface area contributed by atoms with E-state index in [2.05, 4.69) is 19.2 Å². The van der Waals surface area contributed by atoms with Gasteiger partial charge in [-0.1, -0.05) is 25.4 Å². The van der Waals surface area contributed by atoms with E-state index in [-0.39, 0.29) is 0 Å². The van der Waals surface area contributed by atoms with Crippen molar-refractivity contribution in [3.05, 3.63) is 35.4 Å². The predicted molar refractivity (Wildman–Crippen MR) is 80.0 cm³/mol. The third-order valence-corrected chi connectivity index (χ3v) is 2.74. The summed E-state index contributed by atoms with van der Waals surface area (Å²) in [4.78, 5) is 0. The molecule has 0 aliphatic rings. The minimum absolute atomic E-state index is 0.465. The monoisotopic (exact) mass is 283 g/mol. The lowest BCUT2D eigenvalue weighted by Gasteiger charge is -2.13. The van der Waals surface area contributed by atoms with Gasteiger partial charge < -0.3 is 14.8 Å². The van der Waals surface area contributed by atoms with Gasteiger partial charge in [0.2, 0.25) is 0 Å². The largest absolute Gasteiger partial charge is 0.497 e. The molecule has 0 amide bonds. The highest BCUT2D eigenvalue weighted by Crippen LogP contribution is 2.24. The summed E-state index contributed by atoms with van der Waals surface area (Å²) in [5, 5.41) is 3.40. The fourth-order valence-corrected chi connectivity index (χ4v) is 1.70. The van der Waals surface area contributed by atoms with Crippen molar-refractivity contribution in [2.24, 2.45) is 5.92 Å². The molecule has 0 saturated carbocycles. The van der Waals surface area contributed by atoms with Crippen LogP contribution in [0.2, 0.25) is 0 Å². The van der Waals surface area contributed by atoms with Gasteiger partial charge in [0.25, 0.3) is 0 Å². The molecule has 19 heavy (non-hydrogen) atoms. The van der Waals surface area contributed by atoms with Gasteiger partial charge >= 0.3 is 0 Å². The van der Waals surface area contributed by atoms with Crippen LogP contribution in [0.3, 0.4) is 0 Å². The second-order valence-electron chi connectivity index (χ2n) is 4.67.